The van der Waals surface area contributed by atoms with Crippen LogP contribution in [0.3, 0.4) is 0 Å². The summed E-state index contributed by atoms with van der Waals surface area (Å²) in [6.07, 6.45) is 7.21. The van der Waals surface area contributed by atoms with Crippen LogP contribution in [0.1, 0.15) is 50.4 Å². The molecule has 5 heteroatoms. The normalized spacial score (nSPS) is 20.2. The molecule has 0 spiro atoms. The molecule has 1 fully saturated rings. The van der Waals surface area contributed by atoms with Crippen molar-refractivity contribution in [2.24, 2.45) is 5.41 Å². The molecule has 0 bridgehead atoms. The molecule has 1 aliphatic rings. The highest BCUT2D eigenvalue weighted by atomic mass is 16.5. The summed E-state index contributed by atoms with van der Waals surface area (Å²) in [5, 5.41) is 0. The molecule has 158 valence electrons. The Morgan fingerprint density at radius 2 is 1.97 bits per heavy atom. The molecular formula is C24H35N3O2. The molecule has 3 heterocycles. The van der Waals surface area contributed by atoms with Crippen molar-refractivity contribution in [1.29, 1.82) is 0 Å². The molecule has 3 rings (SSSR count). The third-order valence-corrected chi connectivity index (χ3v) is 6.41. The molecule has 0 aromatic carbocycles. The first-order chi connectivity index (χ1) is 13.9. The lowest BCUT2D eigenvalue weighted by molar-refractivity contribution is 0.0384. The van der Waals surface area contributed by atoms with Crippen molar-refractivity contribution in [2.75, 3.05) is 33.4 Å². The Hall–Kier alpha value is -1.98. The maximum absolute atomic E-state index is 5.95. The summed E-state index contributed by atoms with van der Waals surface area (Å²) in [5.41, 5.74) is 3.71. The van der Waals surface area contributed by atoms with Crippen LogP contribution >= 0.6 is 0 Å². The summed E-state index contributed by atoms with van der Waals surface area (Å²) < 4.78 is 11.1. The van der Waals surface area contributed by atoms with Crippen molar-refractivity contribution in [3.63, 3.8) is 0 Å². The maximum atomic E-state index is 5.95. The van der Waals surface area contributed by atoms with Crippen LogP contribution in [0.25, 0.3) is 0 Å². The first-order valence-electron chi connectivity index (χ1n) is 10.6. The quantitative estimate of drug-likeness (QED) is 0.628. The number of rotatable bonds is 9. The van der Waals surface area contributed by atoms with Gasteiger partial charge in [0.1, 0.15) is 0 Å². The molecular weight excluding hydrogens is 362 g/mol. The maximum Gasteiger partial charge on any atom is 0.212 e. The molecule has 0 aliphatic carbocycles. The predicted molar refractivity (Wildman–Crippen MR) is 116 cm³/mol. The van der Waals surface area contributed by atoms with Crippen LogP contribution in [-0.4, -0.2) is 48.3 Å². The summed E-state index contributed by atoms with van der Waals surface area (Å²) in [5.74, 6) is 0.665. The second-order valence-electron chi connectivity index (χ2n) is 8.76. The van der Waals surface area contributed by atoms with Crippen LogP contribution < -0.4 is 4.74 Å². The zero-order valence-corrected chi connectivity index (χ0v) is 18.6. The average molecular weight is 398 g/mol. The van der Waals surface area contributed by atoms with Gasteiger partial charge in [0.15, 0.2) is 0 Å². The molecule has 29 heavy (non-hydrogen) atoms. The summed E-state index contributed by atoms with van der Waals surface area (Å²) in [6.45, 7) is 12.4. The number of likely N-dealkylation sites (tertiary alicyclic amines) is 1. The van der Waals surface area contributed by atoms with Crippen LogP contribution in [0.4, 0.5) is 0 Å². The summed E-state index contributed by atoms with van der Waals surface area (Å²) in [7, 11) is 1.65. The fraction of sp³-hybridized carbons (Fsp3) is 0.583. The van der Waals surface area contributed by atoms with E-state index in [1.807, 2.05) is 25.4 Å². The third-order valence-electron chi connectivity index (χ3n) is 6.41. The predicted octanol–water partition coefficient (Wildman–Crippen LogP) is 4.39. The highest BCUT2D eigenvalue weighted by Crippen LogP contribution is 2.41. The van der Waals surface area contributed by atoms with E-state index in [2.05, 4.69) is 53.8 Å². The van der Waals surface area contributed by atoms with Crippen molar-refractivity contribution in [3.05, 3.63) is 53.5 Å². The van der Waals surface area contributed by atoms with Crippen LogP contribution in [0.15, 0.2) is 36.7 Å². The van der Waals surface area contributed by atoms with E-state index in [9.17, 15) is 0 Å². The Labute approximate surface area is 175 Å². The standard InChI is InChI=1S/C24H35N3O2/c1-6-29-18-24(12-11-20-8-10-22(28-5)26-15-20)13-14-27(17-24)23(3,4)21-9-7-19(2)25-16-21/h7-10,15-16H,6,11-14,17-18H2,1-5H3/t24-/m1/s1. The first-order valence-corrected chi connectivity index (χ1v) is 10.6. The Balaban J connectivity index is 1.71. The minimum atomic E-state index is -0.0453. The number of hydrogen-bond donors (Lipinski definition) is 0. The Kier molecular flexibility index (Phi) is 6.91. The number of aromatic nitrogens is 2. The molecule has 2 aromatic heterocycles. The van der Waals surface area contributed by atoms with Gasteiger partial charge in [0.05, 0.1) is 13.7 Å². The van der Waals surface area contributed by atoms with Gasteiger partial charge in [-0.2, -0.15) is 0 Å². The van der Waals surface area contributed by atoms with Crippen molar-refractivity contribution >= 4 is 0 Å². The molecule has 0 amide bonds. The van der Waals surface area contributed by atoms with E-state index in [0.29, 0.717) is 5.88 Å². The first kappa shape index (κ1) is 21.7. The second kappa shape index (κ2) is 9.23. The average Bonchev–Trinajstić information content (AvgIpc) is 3.17. The highest BCUT2D eigenvalue weighted by Gasteiger charge is 2.43. The number of methoxy groups -OCH3 is 1. The van der Waals surface area contributed by atoms with Gasteiger partial charge in [0.2, 0.25) is 5.88 Å². The van der Waals surface area contributed by atoms with Crippen LogP contribution in [-0.2, 0) is 16.7 Å². The van der Waals surface area contributed by atoms with Gasteiger partial charge in [-0.1, -0.05) is 12.1 Å². The van der Waals surface area contributed by atoms with Gasteiger partial charge in [0, 0.05) is 48.3 Å². The summed E-state index contributed by atoms with van der Waals surface area (Å²) >= 11 is 0. The Bertz CT molecular complexity index is 774. The minimum absolute atomic E-state index is 0.0453. The number of ether oxygens (including phenoxy) is 2. The molecule has 0 radical (unpaired) electrons. The lowest BCUT2D eigenvalue weighted by atomic mass is 9.82. The van der Waals surface area contributed by atoms with E-state index >= 15 is 0 Å². The van der Waals surface area contributed by atoms with Crippen molar-refractivity contribution in [2.45, 2.75) is 52.5 Å². The SMILES string of the molecule is CCOC[C@]1(CCc2ccc(OC)nc2)CCN(C(C)(C)c2ccc(C)nc2)C1. The topological polar surface area (TPSA) is 47.5 Å². The van der Waals surface area contributed by atoms with Gasteiger partial charge in [-0.15, -0.1) is 0 Å². The lowest BCUT2D eigenvalue weighted by Gasteiger charge is -2.38. The second-order valence-corrected chi connectivity index (χ2v) is 8.76. The summed E-state index contributed by atoms with van der Waals surface area (Å²) in [6, 6.07) is 8.39. The molecule has 0 saturated carbocycles. The number of hydrogen-bond acceptors (Lipinski definition) is 5. The van der Waals surface area contributed by atoms with Crippen molar-refractivity contribution < 1.29 is 9.47 Å². The monoisotopic (exact) mass is 397 g/mol. The zero-order valence-electron chi connectivity index (χ0n) is 18.6. The molecule has 1 aliphatic heterocycles. The van der Waals surface area contributed by atoms with Gasteiger partial charge >= 0.3 is 0 Å². The van der Waals surface area contributed by atoms with Crippen LogP contribution in [0.2, 0.25) is 0 Å². The van der Waals surface area contributed by atoms with Crippen molar-refractivity contribution in [1.82, 2.24) is 14.9 Å². The molecule has 2 aromatic rings. The van der Waals surface area contributed by atoms with E-state index in [0.717, 1.165) is 51.3 Å². The molecule has 5 nitrogen and oxygen atoms in total. The largest absolute Gasteiger partial charge is 0.481 e. The summed E-state index contributed by atoms with van der Waals surface area (Å²) in [4.78, 5) is 11.5. The van der Waals surface area contributed by atoms with Gasteiger partial charge in [-0.05, 0) is 70.7 Å². The van der Waals surface area contributed by atoms with Gasteiger partial charge in [-0.25, -0.2) is 4.98 Å². The zero-order chi connectivity index (χ0) is 20.9. The van der Waals surface area contributed by atoms with Gasteiger partial charge in [0.25, 0.3) is 0 Å². The van der Waals surface area contributed by atoms with Crippen molar-refractivity contribution in [3.8, 4) is 5.88 Å². The fourth-order valence-corrected chi connectivity index (χ4v) is 4.23. The van der Waals surface area contributed by atoms with Crippen LogP contribution in [0.5, 0.6) is 5.88 Å². The molecule has 1 saturated heterocycles. The third kappa shape index (κ3) is 5.14. The number of aryl methyl sites for hydroxylation is 2. The van der Waals surface area contributed by atoms with Crippen LogP contribution in [0, 0.1) is 12.3 Å². The minimum Gasteiger partial charge on any atom is -0.481 e. The van der Waals surface area contributed by atoms with E-state index < -0.39 is 0 Å². The van der Waals surface area contributed by atoms with E-state index in [1.54, 1.807) is 7.11 Å². The smallest absolute Gasteiger partial charge is 0.212 e. The molecule has 0 N–H and O–H groups in total. The molecule has 0 unspecified atom stereocenters. The van der Waals surface area contributed by atoms with Gasteiger partial charge < -0.3 is 9.47 Å². The highest BCUT2D eigenvalue weighted by molar-refractivity contribution is 5.22. The Morgan fingerprint density at radius 1 is 1.14 bits per heavy atom. The fourth-order valence-electron chi connectivity index (χ4n) is 4.23. The molecule has 1 atom stereocenters. The lowest BCUT2D eigenvalue weighted by Crippen LogP contribution is -2.42. The van der Waals surface area contributed by atoms with E-state index in [4.69, 9.17) is 9.47 Å². The van der Waals surface area contributed by atoms with E-state index in [-0.39, 0.29) is 11.0 Å². The van der Waals surface area contributed by atoms with Gasteiger partial charge in [-0.3, -0.25) is 9.88 Å². The number of nitrogens with zero attached hydrogens (tertiary/aromatic N) is 3. The van der Waals surface area contributed by atoms with E-state index in [1.165, 1.54) is 11.1 Å². The number of pyridine rings is 2. The Morgan fingerprint density at radius 3 is 2.59 bits per heavy atom.